The van der Waals surface area contributed by atoms with E-state index in [0.29, 0.717) is 23.9 Å². The monoisotopic (exact) mass is 494 g/mol. The molecule has 5 heteroatoms. The molecule has 5 nitrogen and oxygen atoms in total. The van der Waals surface area contributed by atoms with E-state index >= 15 is 0 Å². The van der Waals surface area contributed by atoms with Crippen molar-refractivity contribution in [2.75, 3.05) is 6.61 Å². The minimum atomic E-state index is -0.166. The third-order valence-corrected chi connectivity index (χ3v) is 7.35. The normalized spacial score (nSPS) is 14.6. The molecule has 1 heterocycles. The highest BCUT2D eigenvalue weighted by Crippen LogP contribution is 2.29. The van der Waals surface area contributed by atoms with E-state index < -0.39 is 0 Å². The van der Waals surface area contributed by atoms with Gasteiger partial charge in [-0.05, 0) is 43.0 Å². The molecule has 2 aromatic rings. The number of hydrogen-bond donors (Lipinski definition) is 0. The van der Waals surface area contributed by atoms with Gasteiger partial charge >= 0.3 is 5.97 Å². The third-order valence-electron chi connectivity index (χ3n) is 7.35. The van der Waals surface area contributed by atoms with E-state index in [-0.39, 0.29) is 11.9 Å². The lowest BCUT2D eigenvalue weighted by Crippen LogP contribution is -2.17. The van der Waals surface area contributed by atoms with Gasteiger partial charge in [-0.2, -0.15) is 0 Å². The zero-order chi connectivity index (χ0) is 25.4. The molecule has 1 aliphatic carbocycles. The highest BCUT2D eigenvalue weighted by atomic mass is 16.5. The summed E-state index contributed by atoms with van der Waals surface area (Å²) in [5, 5.41) is 0. The predicted octanol–water partition coefficient (Wildman–Crippen LogP) is 8.57. The minimum absolute atomic E-state index is 0.0843. The molecular weight excluding hydrogens is 448 g/mol. The summed E-state index contributed by atoms with van der Waals surface area (Å²) >= 11 is 0. The second-order valence-electron chi connectivity index (χ2n) is 10.5. The van der Waals surface area contributed by atoms with Gasteiger partial charge in [0.15, 0.2) is 11.6 Å². The Morgan fingerprint density at radius 2 is 1.56 bits per heavy atom. The molecule has 198 valence electrons. The molecule has 0 spiro atoms. The van der Waals surface area contributed by atoms with Gasteiger partial charge in [0.05, 0.1) is 24.9 Å². The summed E-state index contributed by atoms with van der Waals surface area (Å²) in [7, 11) is 0. The molecule has 1 aromatic carbocycles. The zero-order valence-electron chi connectivity index (χ0n) is 22.6. The maximum atomic E-state index is 12.3. The molecule has 1 atom stereocenters. The van der Waals surface area contributed by atoms with Crippen LogP contribution in [0.4, 0.5) is 0 Å². The number of benzene rings is 1. The molecule has 3 rings (SSSR count). The zero-order valence-corrected chi connectivity index (χ0v) is 22.6. The van der Waals surface area contributed by atoms with Crippen molar-refractivity contribution in [3.63, 3.8) is 0 Å². The Bertz CT molecular complexity index is 860. The largest absolute Gasteiger partial charge is 0.490 e. The number of ether oxygens (including phenoxy) is 2. The van der Waals surface area contributed by atoms with Gasteiger partial charge in [-0.25, -0.2) is 9.97 Å². The van der Waals surface area contributed by atoms with Crippen LogP contribution in [0, 0.1) is 11.8 Å². The average Bonchev–Trinajstić information content (AvgIpc) is 3.42. The molecular formula is C31H46N2O3. The molecule has 0 N–H and O–H groups in total. The number of esters is 1. The summed E-state index contributed by atoms with van der Waals surface area (Å²) in [5.41, 5.74) is 0.881. The van der Waals surface area contributed by atoms with Gasteiger partial charge in [0.2, 0.25) is 0 Å². The van der Waals surface area contributed by atoms with Crippen molar-refractivity contribution in [2.24, 2.45) is 11.8 Å². The molecule has 1 fully saturated rings. The number of rotatable bonds is 17. The van der Waals surface area contributed by atoms with Crippen LogP contribution in [0.3, 0.4) is 0 Å². The number of hydrogen-bond acceptors (Lipinski definition) is 5. The molecule has 0 aliphatic heterocycles. The summed E-state index contributed by atoms with van der Waals surface area (Å²) in [5.74, 6) is 2.67. The van der Waals surface area contributed by atoms with Crippen molar-refractivity contribution < 1.29 is 14.3 Å². The van der Waals surface area contributed by atoms with E-state index in [1.165, 1.54) is 77.0 Å². The summed E-state index contributed by atoms with van der Waals surface area (Å²) in [6.45, 7) is 4.84. The van der Waals surface area contributed by atoms with Crippen LogP contribution >= 0.6 is 0 Å². The molecule has 0 radical (unpaired) electrons. The minimum Gasteiger partial charge on any atom is -0.490 e. The van der Waals surface area contributed by atoms with Gasteiger partial charge in [0, 0.05) is 5.56 Å². The molecule has 0 bridgehead atoms. The Morgan fingerprint density at radius 1 is 0.889 bits per heavy atom. The van der Waals surface area contributed by atoms with Crippen molar-refractivity contribution in [3.05, 3.63) is 36.7 Å². The summed E-state index contributed by atoms with van der Waals surface area (Å²) in [4.78, 5) is 21.2. The van der Waals surface area contributed by atoms with Crippen LogP contribution in [0.1, 0.15) is 110 Å². The van der Waals surface area contributed by atoms with Gasteiger partial charge in [-0.3, -0.25) is 4.79 Å². The van der Waals surface area contributed by atoms with Crippen LogP contribution in [0.2, 0.25) is 0 Å². The fraction of sp³-hybridized carbons (Fsp3) is 0.645. The highest BCUT2D eigenvalue weighted by Gasteiger charge is 2.15. The standard InChI is InChI=1S/C31H46N2O3/c1-3-4-5-9-14-25(2)31(34)36-28-20-18-27(19-21-28)30-32-23-29(24-33-30)35-22-13-8-6-7-10-15-26-16-11-12-17-26/h18-21,23-26H,3-17,22H2,1-2H3/t25-/m0/s1. The topological polar surface area (TPSA) is 61.3 Å². The average molecular weight is 495 g/mol. The van der Waals surface area contributed by atoms with Crippen molar-refractivity contribution in [1.29, 1.82) is 0 Å². The SMILES string of the molecule is CCCCCC[C@H](C)C(=O)Oc1ccc(-c2ncc(OCCCCCCCC3CCCC3)cn2)cc1. The van der Waals surface area contributed by atoms with Gasteiger partial charge in [0.1, 0.15) is 5.75 Å². The molecule has 1 aliphatic rings. The number of unbranched alkanes of at least 4 members (excludes halogenated alkanes) is 7. The maximum Gasteiger partial charge on any atom is 0.314 e. The molecule has 0 amide bonds. The summed E-state index contributed by atoms with van der Waals surface area (Å²) < 4.78 is 11.4. The molecule has 36 heavy (non-hydrogen) atoms. The van der Waals surface area contributed by atoms with Crippen molar-refractivity contribution in [1.82, 2.24) is 9.97 Å². The Balaban J connectivity index is 1.31. The van der Waals surface area contributed by atoms with Crippen LogP contribution in [-0.2, 0) is 4.79 Å². The van der Waals surface area contributed by atoms with Crippen LogP contribution < -0.4 is 9.47 Å². The van der Waals surface area contributed by atoms with Crippen LogP contribution in [-0.4, -0.2) is 22.5 Å². The lowest BCUT2D eigenvalue weighted by Gasteiger charge is -2.11. The van der Waals surface area contributed by atoms with Crippen LogP contribution in [0.15, 0.2) is 36.7 Å². The predicted molar refractivity (Wildman–Crippen MR) is 146 cm³/mol. The smallest absolute Gasteiger partial charge is 0.314 e. The van der Waals surface area contributed by atoms with Gasteiger partial charge in [-0.15, -0.1) is 0 Å². The second kappa shape index (κ2) is 16.3. The Kier molecular flexibility index (Phi) is 12.8. The summed E-state index contributed by atoms with van der Waals surface area (Å²) in [6, 6.07) is 7.38. The fourth-order valence-electron chi connectivity index (χ4n) is 4.98. The third kappa shape index (κ3) is 10.3. The number of carbonyl (C=O) groups excluding carboxylic acids is 1. The van der Waals surface area contributed by atoms with E-state index in [1.807, 2.05) is 19.1 Å². The van der Waals surface area contributed by atoms with Gasteiger partial charge in [-0.1, -0.05) is 97.3 Å². The first-order valence-electron chi connectivity index (χ1n) is 14.4. The molecule has 1 saturated carbocycles. The first kappa shape index (κ1) is 28.1. The fourth-order valence-corrected chi connectivity index (χ4v) is 4.98. The number of carbonyl (C=O) groups is 1. The second-order valence-corrected chi connectivity index (χ2v) is 10.5. The van der Waals surface area contributed by atoms with E-state index in [0.717, 1.165) is 30.7 Å². The van der Waals surface area contributed by atoms with Crippen molar-refractivity contribution in [3.8, 4) is 22.9 Å². The molecule has 0 unspecified atom stereocenters. The maximum absolute atomic E-state index is 12.3. The van der Waals surface area contributed by atoms with Crippen molar-refractivity contribution in [2.45, 2.75) is 110 Å². The Hall–Kier alpha value is -2.43. The molecule has 0 saturated heterocycles. The quantitative estimate of drug-likeness (QED) is 0.125. The van der Waals surface area contributed by atoms with Gasteiger partial charge in [0.25, 0.3) is 0 Å². The van der Waals surface area contributed by atoms with E-state index in [2.05, 4.69) is 16.9 Å². The lowest BCUT2D eigenvalue weighted by atomic mass is 9.99. The van der Waals surface area contributed by atoms with Crippen LogP contribution in [0.25, 0.3) is 11.4 Å². The Labute approximate surface area is 218 Å². The Morgan fingerprint density at radius 3 is 2.28 bits per heavy atom. The first-order valence-corrected chi connectivity index (χ1v) is 14.4. The first-order chi connectivity index (χ1) is 17.7. The lowest BCUT2D eigenvalue weighted by molar-refractivity contribution is -0.138. The van der Waals surface area contributed by atoms with Gasteiger partial charge < -0.3 is 9.47 Å². The highest BCUT2D eigenvalue weighted by molar-refractivity contribution is 5.75. The van der Waals surface area contributed by atoms with E-state index in [1.54, 1.807) is 24.5 Å². The number of aromatic nitrogens is 2. The van der Waals surface area contributed by atoms with E-state index in [4.69, 9.17) is 9.47 Å². The van der Waals surface area contributed by atoms with Crippen molar-refractivity contribution >= 4 is 5.97 Å². The van der Waals surface area contributed by atoms with E-state index in [9.17, 15) is 4.79 Å². The number of nitrogens with zero attached hydrogens (tertiary/aromatic N) is 2. The van der Waals surface area contributed by atoms with Crippen LogP contribution in [0.5, 0.6) is 11.5 Å². The summed E-state index contributed by atoms with van der Waals surface area (Å²) in [6.07, 6.45) is 22.6. The molecule has 1 aromatic heterocycles.